The van der Waals surface area contributed by atoms with Crippen LogP contribution in [0, 0.1) is 16.7 Å². The zero-order valence-electron chi connectivity index (χ0n) is 23.4. The highest BCUT2D eigenvalue weighted by Crippen LogP contribution is 2.54. The summed E-state index contributed by atoms with van der Waals surface area (Å²) < 4.78 is 20.1. The number of fused-ring (bicyclic) bond motifs is 1. The zero-order valence-corrected chi connectivity index (χ0v) is 23.4. The van der Waals surface area contributed by atoms with Gasteiger partial charge in [0.25, 0.3) is 0 Å². The predicted octanol–water partition coefficient (Wildman–Crippen LogP) is 5.43. The maximum atomic E-state index is 12.8. The van der Waals surface area contributed by atoms with Crippen molar-refractivity contribution >= 4 is 17.0 Å². The molecular formula is C30H36N6O4. The fourth-order valence-corrected chi connectivity index (χ4v) is 5.77. The van der Waals surface area contributed by atoms with Crippen LogP contribution in [0.2, 0.25) is 0 Å². The fourth-order valence-electron chi connectivity index (χ4n) is 5.77. The number of likely N-dealkylation sites (tertiary alicyclic amines) is 1. The van der Waals surface area contributed by atoms with Crippen LogP contribution in [-0.4, -0.2) is 62.1 Å². The van der Waals surface area contributed by atoms with E-state index in [4.69, 9.17) is 24.3 Å². The Labute approximate surface area is 234 Å². The molecule has 3 fully saturated rings. The number of piperidine rings is 1. The first-order valence-electron chi connectivity index (χ1n) is 14.2. The molecule has 2 saturated heterocycles. The van der Waals surface area contributed by atoms with E-state index < -0.39 is 5.60 Å². The molecule has 3 aromatic rings. The van der Waals surface area contributed by atoms with E-state index >= 15 is 0 Å². The van der Waals surface area contributed by atoms with Crippen LogP contribution < -0.4 is 4.74 Å². The SMILES string of the molecule is CC(C)(C)OC(=O)N1CCC2(CC2)[C@@H](Oc2cncc(-c3nn(C4CCCCO4)c4ccc(CC#N)cc34)n2)C1. The third-order valence-corrected chi connectivity index (χ3v) is 8.09. The van der Waals surface area contributed by atoms with Crippen LogP contribution >= 0.6 is 0 Å². The van der Waals surface area contributed by atoms with Gasteiger partial charge in [-0.3, -0.25) is 4.98 Å². The van der Waals surface area contributed by atoms with E-state index in [0.717, 1.165) is 55.0 Å². The van der Waals surface area contributed by atoms with Gasteiger partial charge in [0.2, 0.25) is 5.88 Å². The molecule has 1 spiro atoms. The van der Waals surface area contributed by atoms with Gasteiger partial charge >= 0.3 is 6.09 Å². The Balaban J connectivity index is 1.30. The van der Waals surface area contributed by atoms with Crippen LogP contribution in [0.15, 0.2) is 30.6 Å². The van der Waals surface area contributed by atoms with Crippen LogP contribution in [0.4, 0.5) is 4.79 Å². The molecule has 1 saturated carbocycles. The summed E-state index contributed by atoms with van der Waals surface area (Å²) in [5.41, 5.74) is 2.64. The standard InChI is InChI=1S/C30H36N6O4/c1-29(2,3)40-28(37)35-14-12-30(10-11-30)24(19-35)39-25-18-32-17-22(33-25)27-21-16-20(9-13-31)7-8-23(21)36(34-27)26-6-4-5-15-38-26/h7-8,16-18,24,26H,4-6,9-12,14-15,19H2,1-3H3/t24-,26?/m0/s1. The molecule has 0 bridgehead atoms. The van der Waals surface area contributed by atoms with Crippen LogP contribution in [0.1, 0.15) is 71.1 Å². The van der Waals surface area contributed by atoms with Crippen molar-refractivity contribution in [2.75, 3.05) is 19.7 Å². The molecule has 2 atom stereocenters. The van der Waals surface area contributed by atoms with Crippen molar-refractivity contribution in [3.8, 4) is 23.3 Å². The van der Waals surface area contributed by atoms with E-state index in [-0.39, 0.29) is 23.8 Å². The summed E-state index contributed by atoms with van der Waals surface area (Å²) >= 11 is 0. The van der Waals surface area contributed by atoms with Crippen molar-refractivity contribution < 1.29 is 19.0 Å². The van der Waals surface area contributed by atoms with Gasteiger partial charge in [-0.1, -0.05) is 6.07 Å². The molecule has 1 unspecified atom stereocenters. The van der Waals surface area contributed by atoms with E-state index in [1.807, 2.05) is 43.7 Å². The lowest BCUT2D eigenvalue weighted by atomic mass is 9.90. The van der Waals surface area contributed by atoms with E-state index in [9.17, 15) is 10.1 Å². The lowest BCUT2D eigenvalue weighted by Gasteiger charge is -2.39. The first kappa shape index (κ1) is 26.5. The van der Waals surface area contributed by atoms with E-state index in [2.05, 4.69) is 11.1 Å². The monoisotopic (exact) mass is 544 g/mol. The van der Waals surface area contributed by atoms with Crippen LogP contribution in [0.25, 0.3) is 22.3 Å². The highest BCUT2D eigenvalue weighted by molar-refractivity contribution is 5.93. The molecule has 4 heterocycles. The minimum absolute atomic E-state index is 0.0645. The maximum Gasteiger partial charge on any atom is 0.410 e. The molecule has 2 aromatic heterocycles. The van der Waals surface area contributed by atoms with Crippen molar-refractivity contribution in [2.45, 2.75) is 83.6 Å². The molecule has 1 aromatic carbocycles. The zero-order chi connectivity index (χ0) is 27.9. The predicted molar refractivity (Wildman–Crippen MR) is 147 cm³/mol. The summed E-state index contributed by atoms with van der Waals surface area (Å²) in [4.78, 5) is 23.8. The molecule has 3 aliphatic rings. The Bertz CT molecular complexity index is 1440. The number of rotatable bonds is 5. The molecule has 1 aliphatic carbocycles. The molecule has 40 heavy (non-hydrogen) atoms. The van der Waals surface area contributed by atoms with Gasteiger partial charge in [-0.15, -0.1) is 0 Å². The molecular weight excluding hydrogens is 508 g/mol. The number of carbonyl (C=O) groups is 1. The molecule has 2 aliphatic heterocycles. The number of amides is 1. The summed E-state index contributed by atoms with van der Waals surface area (Å²) in [5, 5.41) is 15.1. The Morgan fingerprint density at radius 3 is 2.80 bits per heavy atom. The summed E-state index contributed by atoms with van der Waals surface area (Å²) in [6.45, 7) is 7.45. The summed E-state index contributed by atoms with van der Waals surface area (Å²) in [6.07, 6.45) is 9.03. The van der Waals surface area contributed by atoms with Crippen LogP contribution in [-0.2, 0) is 15.9 Å². The van der Waals surface area contributed by atoms with Gasteiger partial charge in [0.05, 0.1) is 36.9 Å². The highest BCUT2D eigenvalue weighted by atomic mass is 16.6. The molecule has 1 amide bonds. The Hall–Kier alpha value is -3.71. The number of ether oxygens (including phenoxy) is 3. The lowest BCUT2D eigenvalue weighted by molar-refractivity contribution is -0.0365. The van der Waals surface area contributed by atoms with Crippen molar-refractivity contribution in [1.29, 1.82) is 5.26 Å². The third kappa shape index (κ3) is 5.35. The summed E-state index contributed by atoms with van der Waals surface area (Å²) in [7, 11) is 0. The molecule has 0 N–H and O–H groups in total. The molecule has 10 heteroatoms. The van der Waals surface area contributed by atoms with Crippen molar-refractivity contribution in [3.63, 3.8) is 0 Å². The smallest absolute Gasteiger partial charge is 0.410 e. The van der Waals surface area contributed by atoms with E-state index in [1.54, 1.807) is 17.3 Å². The van der Waals surface area contributed by atoms with Gasteiger partial charge in [0, 0.05) is 24.0 Å². The number of aromatic nitrogens is 4. The molecule has 10 nitrogen and oxygen atoms in total. The van der Waals surface area contributed by atoms with Crippen molar-refractivity contribution in [3.05, 3.63) is 36.2 Å². The first-order valence-corrected chi connectivity index (χ1v) is 14.2. The van der Waals surface area contributed by atoms with Crippen LogP contribution in [0.5, 0.6) is 5.88 Å². The minimum atomic E-state index is -0.552. The highest BCUT2D eigenvalue weighted by Gasteiger charge is 2.54. The topological polar surface area (TPSA) is 115 Å². The quantitative estimate of drug-likeness (QED) is 0.418. The number of nitrogens with zero attached hydrogens (tertiary/aromatic N) is 6. The second kappa shape index (κ2) is 10.4. The Morgan fingerprint density at radius 1 is 1.23 bits per heavy atom. The largest absolute Gasteiger partial charge is 0.471 e. The van der Waals surface area contributed by atoms with Gasteiger partial charge in [-0.2, -0.15) is 10.4 Å². The number of nitriles is 1. The number of carbonyl (C=O) groups excluding carboxylic acids is 1. The van der Waals surface area contributed by atoms with Gasteiger partial charge in [0.1, 0.15) is 23.1 Å². The summed E-state index contributed by atoms with van der Waals surface area (Å²) in [5.74, 6) is 0.407. The second-order valence-corrected chi connectivity index (χ2v) is 12.2. The van der Waals surface area contributed by atoms with E-state index in [1.165, 1.54) is 0 Å². The fraction of sp³-hybridized carbons (Fsp3) is 0.567. The van der Waals surface area contributed by atoms with E-state index in [0.29, 0.717) is 43.4 Å². The maximum absolute atomic E-state index is 12.8. The lowest BCUT2D eigenvalue weighted by Crippen LogP contribution is -2.51. The molecule has 210 valence electrons. The third-order valence-electron chi connectivity index (χ3n) is 8.09. The average molecular weight is 545 g/mol. The second-order valence-electron chi connectivity index (χ2n) is 12.2. The normalized spacial score (nSPS) is 22.2. The van der Waals surface area contributed by atoms with Crippen LogP contribution in [0.3, 0.4) is 0 Å². The number of hydrogen-bond acceptors (Lipinski definition) is 8. The first-order chi connectivity index (χ1) is 19.2. The van der Waals surface area contributed by atoms with Gasteiger partial charge in [0.15, 0.2) is 6.23 Å². The minimum Gasteiger partial charge on any atom is -0.471 e. The van der Waals surface area contributed by atoms with Gasteiger partial charge in [-0.25, -0.2) is 14.5 Å². The Kier molecular flexibility index (Phi) is 6.87. The average Bonchev–Trinajstić information content (AvgIpc) is 3.61. The van der Waals surface area contributed by atoms with Crippen molar-refractivity contribution in [1.82, 2.24) is 24.6 Å². The molecule has 0 radical (unpaired) electrons. The van der Waals surface area contributed by atoms with Gasteiger partial charge < -0.3 is 19.1 Å². The number of benzene rings is 1. The summed E-state index contributed by atoms with van der Waals surface area (Å²) in [6, 6.07) is 8.22. The van der Waals surface area contributed by atoms with Crippen molar-refractivity contribution in [2.24, 2.45) is 5.41 Å². The van der Waals surface area contributed by atoms with Gasteiger partial charge in [-0.05, 0) is 77.0 Å². The Morgan fingerprint density at radius 2 is 2.08 bits per heavy atom. The molecule has 6 rings (SSSR count). The number of hydrogen-bond donors (Lipinski definition) is 0.